The molecule has 0 aliphatic carbocycles. The van der Waals surface area contributed by atoms with E-state index >= 15 is 0 Å². The fourth-order valence-corrected chi connectivity index (χ4v) is 4.46. The lowest BCUT2D eigenvalue weighted by Crippen LogP contribution is -2.28. The van der Waals surface area contributed by atoms with Gasteiger partial charge in [0.25, 0.3) is 0 Å². The molecule has 1 unspecified atom stereocenters. The number of fused-ring (bicyclic) bond motifs is 1. The monoisotopic (exact) mass is 471 g/mol. The van der Waals surface area contributed by atoms with E-state index in [0.29, 0.717) is 18.8 Å². The average Bonchev–Trinajstić information content (AvgIpc) is 2.85. The largest absolute Gasteiger partial charge is 0.370 e. The SMILES string of the molecule is CC1C=Nc2ncnc(NCCCN(CCCCCCCC=O)CCCCCCCC=O)c2C1. The van der Waals surface area contributed by atoms with Crippen LogP contribution in [0.1, 0.15) is 96.0 Å². The van der Waals surface area contributed by atoms with Gasteiger partial charge in [-0.25, -0.2) is 15.0 Å². The van der Waals surface area contributed by atoms with E-state index < -0.39 is 0 Å². The van der Waals surface area contributed by atoms with Gasteiger partial charge in [-0.05, 0) is 64.1 Å². The molecule has 2 rings (SSSR count). The van der Waals surface area contributed by atoms with Crippen molar-refractivity contribution in [2.45, 2.75) is 96.8 Å². The summed E-state index contributed by atoms with van der Waals surface area (Å²) in [7, 11) is 0. The predicted octanol–water partition coefficient (Wildman–Crippen LogP) is 5.55. The van der Waals surface area contributed by atoms with E-state index in [9.17, 15) is 9.59 Å². The Morgan fingerprint density at radius 3 is 2.09 bits per heavy atom. The van der Waals surface area contributed by atoms with Gasteiger partial charge in [-0.15, -0.1) is 0 Å². The molecule has 1 aliphatic heterocycles. The molecule has 0 saturated heterocycles. The molecule has 1 atom stereocenters. The van der Waals surface area contributed by atoms with Crippen LogP contribution in [-0.2, 0) is 16.0 Å². The van der Waals surface area contributed by atoms with Crippen molar-refractivity contribution in [3.05, 3.63) is 11.9 Å². The first-order valence-corrected chi connectivity index (χ1v) is 13.5. The molecular weight excluding hydrogens is 426 g/mol. The molecule has 2 heterocycles. The summed E-state index contributed by atoms with van der Waals surface area (Å²) in [5, 5.41) is 3.53. The maximum Gasteiger partial charge on any atom is 0.160 e. The molecule has 0 spiro atoms. The molecule has 1 aromatic heterocycles. The van der Waals surface area contributed by atoms with Gasteiger partial charge in [0.1, 0.15) is 24.7 Å². The van der Waals surface area contributed by atoms with Gasteiger partial charge in [-0.1, -0.05) is 45.4 Å². The number of nitrogens with one attached hydrogen (secondary N) is 1. The van der Waals surface area contributed by atoms with Crippen molar-refractivity contribution < 1.29 is 9.59 Å². The van der Waals surface area contributed by atoms with Gasteiger partial charge in [0.2, 0.25) is 0 Å². The van der Waals surface area contributed by atoms with Crippen LogP contribution in [0.5, 0.6) is 0 Å². The van der Waals surface area contributed by atoms with Crippen LogP contribution in [0.3, 0.4) is 0 Å². The zero-order valence-corrected chi connectivity index (χ0v) is 21.2. The second-order valence-electron chi connectivity index (χ2n) is 9.55. The molecule has 1 aliphatic rings. The van der Waals surface area contributed by atoms with Crippen molar-refractivity contribution in [3.8, 4) is 0 Å². The van der Waals surface area contributed by atoms with E-state index in [1.807, 2.05) is 6.21 Å². The Morgan fingerprint density at radius 1 is 0.853 bits per heavy atom. The molecule has 0 fully saturated rings. The van der Waals surface area contributed by atoms with Crippen molar-refractivity contribution >= 4 is 30.4 Å². The minimum absolute atomic E-state index is 0.423. The summed E-state index contributed by atoms with van der Waals surface area (Å²) >= 11 is 0. The second-order valence-corrected chi connectivity index (χ2v) is 9.55. The van der Waals surface area contributed by atoms with Gasteiger partial charge in [0.15, 0.2) is 5.82 Å². The summed E-state index contributed by atoms with van der Waals surface area (Å²) < 4.78 is 0. The minimum atomic E-state index is 0.423. The number of hydrogen-bond donors (Lipinski definition) is 1. The molecule has 0 bridgehead atoms. The quantitative estimate of drug-likeness (QED) is 0.187. The van der Waals surface area contributed by atoms with Crippen LogP contribution in [0.2, 0.25) is 0 Å². The molecule has 0 saturated carbocycles. The Hall–Kier alpha value is -2.15. The van der Waals surface area contributed by atoms with Gasteiger partial charge < -0.3 is 19.8 Å². The number of aromatic nitrogens is 2. The minimum Gasteiger partial charge on any atom is -0.370 e. The van der Waals surface area contributed by atoms with Gasteiger partial charge in [0, 0.05) is 31.2 Å². The summed E-state index contributed by atoms with van der Waals surface area (Å²) in [6, 6.07) is 0. The van der Waals surface area contributed by atoms with Crippen molar-refractivity contribution in [2.24, 2.45) is 10.9 Å². The Kier molecular flexibility index (Phi) is 15.0. The molecule has 1 aromatic rings. The zero-order valence-electron chi connectivity index (χ0n) is 21.2. The zero-order chi connectivity index (χ0) is 24.3. The number of aldehydes is 2. The van der Waals surface area contributed by atoms with Gasteiger partial charge in [0.05, 0.1) is 0 Å². The van der Waals surface area contributed by atoms with Crippen molar-refractivity contribution in [1.82, 2.24) is 14.9 Å². The van der Waals surface area contributed by atoms with Gasteiger partial charge in [-0.3, -0.25) is 0 Å². The van der Waals surface area contributed by atoms with Crippen molar-refractivity contribution in [2.75, 3.05) is 31.5 Å². The van der Waals surface area contributed by atoms with Gasteiger partial charge >= 0.3 is 0 Å². The molecule has 1 N–H and O–H groups in total. The lowest BCUT2D eigenvalue weighted by atomic mass is 10.0. The van der Waals surface area contributed by atoms with E-state index in [2.05, 4.69) is 32.1 Å². The fourth-order valence-electron chi connectivity index (χ4n) is 4.46. The Labute approximate surface area is 206 Å². The number of nitrogens with zero attached hydrogens (tertiary/aromatic N) is 4. The van der Waals surface area contributed by atoms with Gasteiger partial charge in [-0.2, -0.15) is 0 Å². The summed E-state index contributed by atoms with van der Waals surface area (Å²) in [5.41, 5.74) is 1.14. The molecule has 0 amide bonds. The van der Waals surface area contributed by atoms with E-state index in [1.54, 1.807) is 6.33 Å². The molecular formula is C27H45N5O2. The fraction of sp³-hybridized carbons (Fsp3) is 0.741. The summed E-state index contributed by atoms with van der Waals surface area (Å²) in [6.45, 7) is 6.45. The topological polar surface area (TPSA) is 87.6 Å². The molecule has 0 aromatic carbocycles. The van der Waals surface area contributed by atoms with Crippen LogP contribution in [0.15, 0.2) is 11.3 Å². The highest BCUT2D eigenvalue weighted by atomic mass is 16.1. The standard InChI is InChI=1S/C27H45N5O2/c1-24-21-25-26(30-23-31-27(25)29-22-24)28-15-14-18-32(16-10-6-2-4-8-12-19-33)17-11-7-3-5-9-13-20-34/h19-20,22-24H,2-18,21H2,1H3,(H,28,30,31). The van der Waals surface area contributed by atoms with E-state index in [-0.39, 0.29) is 0 Å². The third-order valence-electron chi connectivity index (χ3n) is 6.44. The molecule has 190 valence electrons. The highest BCUT2D eigenvalue weighted by Gasteiger charge is 2.17. The first-order valence-electron chi connectivity index (χ1n) is 13.5. The van der Waals surface area contributed by atoms with E-state index in [1.165, 1.54) is 38.5 Å². The van der Waals surface area contributed by atoms with Crippen molar-refractivity contribution in [1.29, 1.82) is 0 Å². The number of hydrogen-bond acceptors (Lipinski definition) is 7. The maximum absolute atomic E-state index is 10.4. The van der Waals surface area contributed by atoms with E-state index in [4.69, 9.17) is 0 Å². The van der Waals surface area contributed by atoms with Crippen LogP contribution in [0.25, 0.3) is 0 Å². The molecule has 0 radical (unpaired) electrons. The first-order chi connectivity index (χ1) is 16.7. The smallest absolute Gasteiger partial charge is 0.160 e. The van der Waals surface area contributed by atoms with Crippen molar-refractivity contribution in [3.63, 3.8) is 0 Å². The number of carbonyl (C=O) groups is 2. The summed E-state index contributed by atoms with van der Waals surface area (Å²) in [5.74, 6) is 2.16. The second kappa shape index (κ2) is 18.2. The molecule has 34 heavy (non-hydrogen) atoms. The number of anilines is 1. The third kappa shape index (κ3) is 11.8. The number of unbranched alkanes of at least 4 members (excludes halogenated alkanes) is 10. The average molecular weight is 472 g/mol. The number of rotatable bonds is 21. The first kappa shape index (κ1) is 28.1. The molecule has 7 heteroatoms. The van der Waals surface area contributed by atoms with Crippen LogP contribution in [0, 0.1) is 5.92 Å². The predicted molar refractivity (Wildman–Crippen MR) is 140 cm³/mol. The lowest BCUT2D eigenvalue weighted by Gasteiger charge is -2.23. The highest BCUT2D eigenvalue weighted by molar-refractivity contribution is 5.72. The summed E-state index contributed by atoms with van der Waals surface area (Å²) in [4.78, 5) is 36.7. The molecule has 7 nitrogen and oxygen atoms in total. The van der Waals surface area contributed by atoms with Crippen LogP contribution >= 0.6 is 0 Å². The summed E-state index contributed by atoms with van der Waals surface area (Å²) in [6.07, 6.45) is 20.8. The lowest BCUT2D eigenvalue weighted by molar-refractivity contribution is -0.108. The maximum atomic E-state index is 10.4. The van der Waals surface area contributed by atoms with Crippen LogP contribution < -0.4 is 5.32 Å². The Balaban J connectivity index is 1.70. The van der Waals surface area contributed by atoms with Crippen LogP contribution in [0.4, 0.5) is 11.6 Å². The Morgan fingerprint density at radius 2 is 1.44 bits per heavy atom. The highest BCUT2D eigenvalue weighted by Crippen LogP contribution is 2.28. The van der Waals surface area contributed by atoms with Crippen LogP contribution in [-0.4, -0.2) is 59.8 Å². The number of aliphatic imine (C=N–C) groups is 1. The third-order valence-corrected chi connectivity index (χ3v) is 6.44. The number of carbonyl (C=O) groups excluding carboxylic acids is 2. The Bertz CT molecular complexity index is 703. The normalized spacial score (nSPS) is 14.8. The van der Waals surface area contributed by atoms with E-state index in [0.717, 1.165) is 94.5 Å².